The number of benzene rings is 1. The van der Waals surface area contributed by atoms with Crippen LogP contribution in [-0.2, 0) is 12.7 Å². The fourth-order valence-electron chi connectivity index (χ4n) is 3.27. The van der Waals surface area contributed by atoms with E-state index in [0.717, 1.165) is 26.2 Å². The summed E-state index contributed by atoms with van der Waals surface area (Å²) >= 11 is 3.12. The zero-order valence-corrected chi connectivity index (χ0v) is 13.7. The van der Waals surface area contributed by atoms with E-state index in [4.69, 9.17) is 0 Å². The number of nitrogens with one attached hydrogen (secondary N) is 1. The van der Waals surface area contributed by atoms with Gasteiger partial charge in [-0.25, -0.2) is 0 Å². The molecule has 0 bridgehead atoms. The smallest absolute Gasteiger partial charge is 0.316 e. The molecule has 0 aliphatic carbocycles. The third kappa shape index (κ3) is 3.73. The van der Waals surface area contributed by atoms with Gasteiger partial charge >= 0.3 is 6.18 Å². The van der Waals surface area contributed by atoms with Crippen LogP contribution >= 0.6 is 28.3 Å². The Morgan fingerprint density at radius 2 is 1.81 bits per heavy atom. The molecule has 118 valence electrons. The van der Waals surface area contributed by atoms with Crippen LogP contribution in [0, 0.1) is 11.8 Å². The summed E-state index contributed by atoms with van der Waals surface area (Å²) in [6.45, 7) is 4.16. The van der Waals surface area contributed by atoms with Crippen LogP contribution in [0.15, 0.2) is 22.7 Å². The Bertz CT molecular complexity index is 497. The summed E-state index contributed by atoms with van der Waals surface area (Å²) in [4.78, 5) is 2.15. The van der Waals surface area contributed by atoms with E-state index in [9.17, 15) is 13.2 Å². The summed E-state index contributed by atoms with van der Waals surface area (Å²) in [5.74, 6) is 1.19. The van der Waals surface area contributed by atoms with Crippen LogP contribution in [0.1, 0.15) is 11.1 Å². The third-order valence-electron chi connectivity index (χ3n) is 4.24. The summed E-state index contributed by atoms with van der Waals surface area (Å²) in [5, 5.41) is 3.34. The van der Waals surface area contributed by atoms with Crippen LogP contribution < -0.4 is 5.32 Å². The second-order valence-electron chi connectivity index (χ2n) is 5.67. The first-order valence-electron chi connectivity index (χ1n) is 6.72. The molecule has 0 saturated carbocycles. The minimum Gasteiger partial charge on any atom is -0.316 e. The van der Waals surface area contributed by atoms with Crippen molar-refractivity contribution in [2.45, 2.75) is 12.7 Å². The highest BCUT2D eigenvalue weighted by Gasteiger charge is 2.38. The molecule has 1 aromatic carbocycles. The fourth-order valence-corrected chi connectivity index (χ4v) is 3.63. The molecule has 2 saturated heterocycles. The number of likely N-dealkylation sites (tertiary alicyclic amines) is 1. The minimum absolute atomic E-state index is 0. The molecule has 2 aliphatic heterocycles. The molecule has 0 aromatic heterocycles. The van der Waals surface area contributed by atoms with Crippen LogP contribution in [0.4, 0.5) is 13.2 Å². The maximum Gasteiger partial charge on any atom is 0.416 e. The van der Waals surface area contributed by atoms with Crippen molar-refractivity contribution in [2.75, 3.05) is 26.2 Å². The summed E-state index contributed by atoms with van der Waals surface area (Å²) in [6, 6.07) is 4.44. The first-order chi connectivity index (χ1) is 9.43. The Hall–Kier alpha value is -0.300. The lowest BCUT2D eigenvalue weighted by Crippen LogP contribution is -2.26. The monoisotopic (exact) mass is 384 g/mol. The van der Waals surface area contributed by atoms with Crippen LogP contribution in [0.2, 0.25) is 0 Å². The Kier molecular flexibility index (Phi) is 5.23. The van der Waals surface area contributed by atoms with Gasteiger partial charge in [0.1, 0.15) is 0 Å². The predicted octanol–water partition coefficient (Wildman–Crippen LogP) is 3.54. The van der Waals surface area contributed by atoms with Gasteiger partial charge in [-0.3, -0.25) is 4.90 Å². The van der Waals surface area contributed by atoms with Gasteiger partial charge in [0.15, 0.2) is 0 Å². The van der Waals surface area contributed by atoms with E-state index >= 15 is 0 Å². The first kappa shape index (κ1) is 17.1. The molecule has 2 nitrogen and oxygen atoms in total. The van der Waals surface area contributed by atoms with E-state index in [1.807, 2.05) is 0 Å². The summed E-state index contributed by atoms with van der Waals surface area (Å²) in [6.07, 6.45) is -4.30. The molecule has 2 heterocycles. The lowest BCUT2D eigenvalue weighted by atomic mass is 10.0. The van der Waals surface area contributed by atoms with Crippen molar-refractivity contribution >= 4 is 28.3 Å². The number of hydrogen-bond donors (Lipinski definition) is 1. The van der Waals surface area contributed by atoms with Crippen molar-refractivity contribution in [3.63, 3.8) is 0 Å². The maximum absolute atomic E-state index is 13.1. The molecular weight excluding hydrogens is 369 g/mol. The van der Waals surface area contributed by atoms with E-state index in [1.54, 1.807) is 12.1 Å². The largest absolute Gasteiger partial charge is 0.416 e. The average Bonchev–Trinajstić information content (AvgIpc) is 2.90. The predicted molar refractivity (Wildman–Crippen MR) is 81.5 cm³/mol. The van der Waals surface area contributed by atoms with Gasteiger partial charge in [-0.1, -0.05) is 22.0 Å². The highest BCUT2D eigenvalue weighted by Crippen LogP contribution is 2.35. The number of rotatable bonds is 2. The highest BCUT2D eigenvalue weighted by atomic mass is 79.9. The number of fused-ring (bicyclic) bond motifs is 1. The molecule has 0 amide bonds. The van der Waals surface area contributed by atoms with Gasteiger partial charge in [0.2, 0.25) is 0 Å². The SMILES string of the molecule is Cl.FC(F)(F)c1cc(Br)ccc1CN1C[C@H]2CNC[C@H]2C1. The van der Waals surface area contributed by atoms with Gasteiger partial charge in [-0.15, -0.1) is 12.4 Å². The normalized spacial score (nSPS) is 25.7. The maximum atomic E-state index is 13.1. The Morgan fingerprint density at radius 1 is 1.19 bits per heavy atom. The number of halogens is 5. The van der Waals surface area contributed by atoms with Crippen LogP contribution in [0.25, 0.3) is 0 Å². The Morgan fingerprint density at radius 3 is 2.38 bits per heavy atom. The number of hydrogen-bond acceptors (Lipinski definition) is 2. The van der Waals surface area contributed by atoms with E-state index < -0.39 is 11.7 Å². The molecule has 2 fully saturated rings. The summed E-state index contributed by atoms with van der Waals surface area (Å²) in [5.41, 5.74) is -0.157. The Labute approximate surface area is 136 Å². The highest BCUT2D eigenvalue weighted by molar-refractivity contribution is 9.10. The van der Waals surface area contributed by atoms with Crippen LogP contribution in [-0.4, -0.2) is 31.1 Å². The van der Waals surface area contributed by atoms with Gasteiger partial charge in [-0.05, 0) is 42.6 Å². The number of alkyl halides is 3. The van der Waals surface area contributed by atoms with E-state index in [2.05, 4.69) is 26.1 Å². The lowest BCUT2D eigenvalue weighted by molar-refractivity contribution is -0.138. The second kappa shape index (κ2) is 6.44. The van der Waals surface area contributed by atoms with Crippen LogP contribution in [0.5, 0.6) is 0 Å². The van der Waals surface area contributed by atoms with Crippen LogP contribution in [0.3, 0.4) is 0 Å². The van der Waals surface area contributed by atoms with Crippen molar-refractivity contribution in [3.8, 4) is 0 Å². The van der Waals surface area contributed by atoms with Crippen molar-refractivity contribution < 1.29 is 13.2 Å². The van der Waals surface area contributed by atoms with E-state index in [-0.39, 0.29) is 12.4 Å². The quantitative estimate of drug-likeness (QED) is 0.838. The van der Waals surface area contributed by atoms with Crippen molar-refractivity contribution in [1.82, 2.24) is 10.2 Å². The molecular formula is C14H17BrClF3N2. The second-order valence-corrected chi connectivity index (χ2v) is 6.59. The molecule has 7 heteroatoms. The first-order valence-corrected chi connectivity index (χ1v) is 7.51. The fraction of sp³-hybridized carbons (Fsp3) is 0.571. The number of nitrogens with zero attached hydrogens (tertiary/aromatic N) is 1. The lowest BCUT2D eigenvalue weighted by Gasteiger charge is -2.20. The Balaban J connectivity index is 0.00000161. The molecule has 2 aliphatic rings. The van der Waals surface area contributed by atoms with Gasteiger partial charge in [0, 0.05) is 24.1 Å². The van der Waals surface area contributed by atoms with Gasteiger partial charge in [-0.2, -0.15) is 13.2 Å². The standard InChI is InChI=1S/C14H16BrF3N2.ClH/c15-12-2-1-9(13(3-12)14(16,17)18)6-20-7-10-4-19-5-11(10)8-20;/h1-3,10-11,19H,4-8H2;1H/t10-,11+;. The summed E-state index contributed by atoms with van der Waals surface area (Å²) in [7, 11) is 0. The average molecular weight is 386 g/mol. The van der Waals surface area contributed by atoms with Crippen molar-refractivity contribution in [1.29, 1.82) is 0 Å². The van der Waals surface area contributed by atoms with E-state index in [0.29, 0.717) is 28.4 Å². The molecule has 1 aromatic rings. The molecule has 2 atom stereocenters. The van der Waals surface area contributed by atoms with Gasteiger partial charge in [0.25, 0.3) is 0 Å². The molecule has 0 radical (unpaired) electrons. The zero-order chi connectivity index (χ0) is 14.3. The van der Waals surface area contributed by atoms with Crippen molar-refractivity contribution in [2.24, 2.45) is 11.8 Å². The molecule has 3 rings (SSSR count). The van der Waals surface area contributed by atoms with E-state index in [1.165, 1.54) is 6.07 Å². The molecule has 0 spiro atoms. The molecule has 0 unspecified atom stereocenters. The van der Waals surface area contributed by atoms with Gasteiger partial charge in [0.05, 0.1) is 5.56 Å². The topological polar surface area (TPSA) is 15.3 Å². The molecule has 21 heavy (non-hydrogen) atoms. The van der Waals surface area contributed by atoms with Crippen molar-refractivity contribution in [3.05, 3.63) is 33.8 Å². The zero-order valence-electron chi connectivity index (χ0n) is 11.3. The summed E-state index contributed by atoms with van der Waals surface area (Å²) < 4.78 is 39.7. The molecule has 1 N–H and O–H groups in total. The third-order valence-corrected chi connectivity index (χ3v) is 4.73. The van der Waals surface area contributed by atoms with Gasteiger partial charge < -0.3 is 5.32 Å². The minimum atomic E-state index is -4.30.